The van der Waals surface area contributed by atoms with E-state index >= 15 is 0 Å². The minimum absolute atomic E-state index is 0.0849. The second-order valence-electron chi connectivity index (χ2n) is 3.01. The molecule has 0 bridgehead atoms. The van der Waals surface area contributed by atoms with Gasteiger partial charge >= 0.3 is 11.9 Å². The van der Waals surface area contributed by atoms with E-state index in [0.717, 1.165) is 12.1 Å². The van der Waals surface area contributed by atoms with Crippen LogP contribution in [0.3, 0.4) is 0 Å². The molecule has 1 aromatic carbocycles. The molecular formula is C10H10FNO4. The minimum atomic E-state index is -1.08. The van der Waals surface area contributed by atoms with E-state index in [1.807, 2.05) is 0 Å². The Labute approximate surface area is 90.6 Å². The Hall–Kier alpha value is -2.11. The van der Waals surface area contributed by atoms with Gasteiger partial charge in [-0.05, 0) is 18.2 Å². The highest BCUT2D eigenvalue weighted by atomic mass is 19.1. The zero-order valence-electron chi connectivity index (χ0n) is 8.27. The van der Waals surface area contributed by atoms with E-state index in [0.29, 0.717) is 0 Å². The molecule has 86 valence electrons. The highest BCUT2D eigenvalue weighted by molar-refractivity contribution is 5.95. The lowest BCUT2D eigenvalue weighted by molar-refractivity contribution is -0.137. The molecule has 0 fully saturated rings. The summed E-state index contributed by atoms with van der Waals surface area (Å²) < 4.78 is 17.4. The molecular weight excluding hydrogens is 217 g/mol. The van der Waals surface area contributed by atoms with Crippen molar-refractivity contribution < 1.29 is 23.8 Å². The van der Waals surface area contributed by atoms with Crippen LogP contribution in [0, 0.1) is 5.82 Å². The number of carbonyl (C=O) groups excluding carboxylic acids is 1. The average Bonchev–Trinajstić information content (AvgIpc) is 2.21. The second-order valence-corrected chi connectivity index (χ2v) is 3.01. The van der Waals surface area contributed by atoms with Crippen LogP contribution in [0.1, 0.15) is 16.8 Å². The first kappa shape index (κ1) is 12.0. The summed E-state index contributed by atoms with van der Waals surface area (Å²) in [6.45, 7) is -0.274. The molecule has 3 N–H and O–H groups in total. The monoisotopic (exact) mass is 227 g/mol. The van der Waals surface area contributed by atoms with E-state index in [2.05, 4.69) is 4.74 Å². The first-order chi connectivity index (χ1) is 7.50. The van der Waals surface area contributed by atoms with E-state index < -0.39 is 17.8 Å². The van der Waals surface area contributed by atoms with Crippen LogP contribution in [0.15, 0.2) is 18.2 Å². The maximum absolute atomic E-state index is 12.8. The van der Waals surface area contributed by atoms with Gasteiger partial charge in [0.15, 0.2) is 0 Å². The molecule has 0 radical (unpaired) electrons. The minimum Gasteiger partial charge on any atom is -0.481 e. The molecule has 5 nitrogen and oxygen atoms in total. The Kier molecular flexibility index (Phi) is 3.82. The Morgan fingerprint density at radius 1 is 1.44 bits per heavy atom. The topological polar surface area (TPSA) is 89.6 Å². The van der Waals surface area contributed by atoms with Crippen LogP contribution in [0.25, 0.3) is 0 Å². The van der Waals surface area contributed by atoms with E-state index in [4.69, 9.17) is 10.8 Å². The Balaban J connectivity index is 2.65. The zero-order chi connectivity index (χ0) is 12.1. The van der Waals surface area contributed by atoms with Crippen molar-refractivity contribution >= 4 is 17.6 Å². The third kappa shape index (κ3) is 3.23. The van der Waals surface area contributed by atoms with Crippen LogP contribution in [0.2, 0.25) is 0 Å². The van der Waals surface area contributed by atoms with Crippen molar-refractivity contribution in [1.82, 2.24) is 0 Å². The maximum Gasteiger partial charge on any atom is 0.340 e. The van der Waals surface area contributed by atoms with Crippen molar-refractivity contribution in [3.05, 3.63) is 29.6 Å². The SMILES string of the molecule is Nc1ccc(F)cc1C(=O)OCCC(=O)O. The first-order valence-corrected chi connectivity index (χ1v) is 4.44. The lowest BCUT2D eigenvalue weighted by Gasteiger charge is -2.05. The number of halogens is 1. The number of hydrogen-bond acceptors (Lipinski definition) is 4. The summed E-state index contributed by atoms with van der Waals surface area (Å²) in [6, 6.07) is 3.30. The number of carboxylic acids is 1. The molecule has 0 aliphatic heterocycles. The summed E-state index contributed by atoms with van der Waals surface area (Å²) in [6.07, 6.45) is -0.305. The lowest BCUT2D eigenvalue weighted by atomic mass is 10.2. The standard InChI is InChI=1S/C10H10FNO4/c11-6-1-2-8(12)7(5-6)10(15)16-4-3-9(13)14/h1-2,5H,3-4,12H2,(H,13,14). The van der Waals surface area contributed by atoms with Gasteiger partial charge in [0, 0.05) is 5.69 Å². The van der Waals surface area contributed by atoms with Gasteiger partial charge in [0.1, 0.15) is 12.4 Å². The van der Waals surface area contributed by atoms with Crippen LogP contribution in [-0.2, 0) is 9.53 Å². The molecule has 16 heavy (non-hydrogen) atoms. The van der Waals surface area contributed by atoms with Crippen molar-refractivity contribution in [2.24, 2.45) is 0 Å². The van der Waals surface area contributed by atoms with Crippen molar-refractivity contribution in [2.45, 2.75) is 6.42 Å². The first-order valence-electron chi connectivity index (χ1n) is 4.44. The van der Waals surface area contributed by atoms with Gasteiger partial charge in [-0.2, -0.15) is 0 Å². The number of rotatable bonds is 4. The smallest absolute Gasteiger partial charge is 0.340 e. The summed E-state index contributed by atoms with van der Waals surface area (Å²) in [5.74, 6) is -2.53. The fraction of sp³-hybridized carbons (Fsp3) is 0.200. The largest absolute Gasteiger partial charge is 0.481 e. The number of ether oxygens (including phenoxy) is 1. The molecule has 0 unspecified atom stereocenters. The molecule has 0 heterocycles. The fourth-order valence-electron chi connectivity index (χ4n) is 1.01. The van der Waals surface area contributed by atoms with Gasteiger partial charge in [0.25, 0.3) is 0 Å². The second kappa shape index (κ2) is 5.11. The van der Waals surface area contributed by atoms with E-state index in [9.17, 15) is 14.0 Å². The molecule has 0 amide bonds. The number of benzene rings is 1. The van der Waals surface area contributed by atoms with E-state index in [1.54, 1.807) is 0 Å². The van der Waals surface area contributed by atoms with Gasteiger partial charge in [-0.15, -0.1) is 0 Å². The average molecular weight is 227 g/mol. The Morgan fingerprint density at radius 3 is 2.75 bits per heavy atom. The molecule has 1 rings (SSSR count). The van der Waals surface area contributed by atoms with E-state index in [1.165, 1.54) is 6.07 Å². The highest BCUT2D eigenvalue weighted by Gasteiger charge is 2.12. The number of aliphatic carboxylic acids is 1. The Morgan fingerprint density at radius 2 is 2.12 bits per heavy atom. The van der Waals surface area contributed by atoms with Gasteiger partial charge in [-0.3, -0.25) is 4.79 Å². The van der Waals surface area contributed by atoms with Crippen LogP contribution in [0.5, 0.6) is 0 Å². The van der Waals surface area contributed by atoms with Gasteiger partial charge in [-0.1, -0.05) is 0 Å². The molecule has 1 aromatic rings. The van der Waals surface area contributed by atoms with Crippen molar-refractivity contribution in [3.8, 4) is 0 Å². The van der Waals surface area contributed by atoms with Crippen LogP contribution < -0.4 is 5.73 Å². The molecule has 0 saturated carbocycles. The molecule has 0 atom stereocenters. The maximum atomic E-state index is 12.8. The number of carboxylic acid groups (broad SMARTS) is 1. The third-order valence-corrected chi connectivity index (χ3v) is 1.78. The predicted molar refractivity (Wildman–Crippen MR) is 53.3 cm³/mol. The summed E-state index contributed by atoms with van der Waals surface area (Å²) in [7, 11) is 0. The summed E-state index contributed by atoms with van der Waals surface area (Å²) in [4.78, 5) is 21.5. The van der Waals surface area contributed by atoms with Gasteiger partial charge < -0.3 is 15.6 Å². The Bertz CT molecular complexity index is 419. The number of esters is 1. The molecule has 0 saturated heterocycles. The van der Waals surface area contributed by atoms with Crippen molar-refractivity contribution in [3.63, 3.8) is 0 Å². The number of nitrogens with two attached hydrogens (primary N) is 1. The highest BCUT2D eigenvalue weighted by Crippen LogP contribution is 2.14. The van der Waals surface area contributed by atoms with Gasteiger partial charge in [0.2, 0.25) is 0 Å². The molecule has 0 aromatic heterocycles. The normalized spacial score (nSPS) is 9.81. The lowest BCUT2D eigenvalue weighted by Crippen LogP contribution is -2.11. The summed E-state index contributed by atoms with van der Waals surface area (Å²) in [5, 5.41) is 8.32. The number of nitrogen functional groups attached to an aromatic ring is 1. The molecule has 0 aliphatic carbocycles. The summed E-state index contributed by atoms with van der Waals surface area (Å²) in [5.41, 5.74) is 5.42. The zero-order valence-corrected chi connectivity index (χ0v) is 8.27. The van der Waals surface area contributed by atoms with Crippen molar-refractivity contribution in [2.75, 3.05) is 12.3 Å². The molecule has 0 aliphatic rings. The third-order valence-electron chi connectivity index (χ3n) is 1.78. The number of hydrogen-bond donors (Lipinski definition) is 2. The van der Waals surface area contributed by atoms with Crippen LogP contribution in [0.4, 0.5) is 10.1 Å². The molecule has 6 heteroatoms. The fourth-order valence-corrected chi connectivity index (χ4v) is 1.01. The van der Waals surface area contributed by atoms with Gasteiger partial charge in [0.05, 0.1) is 12.0 Å². The van der Waals surface area contributed by atoms with Crippen molar-refractivity contribution in [1.29, 1.82) is 0 Å². The van der Waals surface area contributed by atoms with Crippen LogP contribution in [-0.4, -0.2) is 23.7 Å². The number of anilines is 1. The number of carbonyl (C=O) groups is 2. The van der Waals surface area contributed by atoms with Gasteiger partial charge in [-0.25, -0.2) is 9.18 Å². The van der Waals surface area contributed by atoms with E-state index in [-0.39, 0.29) is 24.3 Å². The quantitative estimate of drug-likeness (QED) is 0.592. The summed E-state index contributed by atoms with van der Waals surface area (Å²) >= 11 is 0. The predicted octanol–water partition coefficient (Wildman–Crippen LogP) is 1.04. The molecule has 0 spiro atoms. The van der Waals surface area contributed by atoms with Crippen LogP contribution >= 0.6 is 0 Å².